The third-order valence-electron chi connectivity index (χ3n) is 8.06. The molecule has 5 rings (SSSR count). The molecule has 229 valence electrons. The third-order valence-corrected chi connectivity index (χ3v) is 8.06. The number of allylic oxidation sites excluding steroid dienone is 5. The number of aromatic nitrogens is 4. The summed E-state index contributed by atoms with van der Waals surface area (Å²) in [5.74, 6) is -1.80. The van der Waals surface area contributed by atoms with Gasteiger partial charge >= 0.3 is 29.0 Å². The second kappa shape index (κ2) is 14.2. The number of fused-ring (bicyclic) bond motifs is 8. The smallest absolute Gasteiger partial charge is 0.657 e. The Labute approximate surface area is 272 Å². The van der Waals surface area contributed by atoms with Crippen molar-refractivity contribution >= 4 is 62.4 Å². The maximum Gasteiger partial charge on any atom is 3.00 e. The predicted molar refractivity (Wildman–Crippen MR) is 171 cm³/mol. The molecule has 8 bridgehead atoms. The van der Waals surface area contributed by atoms with Crippen LogP contribution in [0.3, 0.4) is 0 Å². The van der Waals surface area contributed by atoms with E-state index in [2.05, 4.69) is 13.2 Å². The quantitative estimate of drug-likeness (QED) is 0.198. The molecule has 0 aliphatic carbocycles. The first kappa shape index (κ1) is 34.5. The molecule has 0 amide bonds. The van der Waals surface area contributed by atoms with Gasteiger partial charge in [-0.3, -0.25) is 9.59 Å². The first-order valence-electron chi connectivity index (χ1n) is 14.0. The zero-order valence-corrected chi connectivity index (χ0v) is 26.6. The van der Waals surface area contributed by atoms with Gasteiger partial charge in [-0.15, -0.1) is 22.1 Å². The Morgan fingerprint density at radius 3 is 1.89 bits per heavy atom. The Morgan fingerprint density at radius 2 is 1.27 bits per heavy atom. The Balaban J connectivity index is 0.00000180. The second-order valence-corrected chi connectivity index (χ2v) is 10.6. The normalized spacial score (nSPS) is 12.2. The fraction of sp³-hybridized carbons (Fsp3) is 0.229. The van der Waals surface area contributed by atoms with Crippen LogP contribution >= 0.6 is 0 Å². The van der Waals surface area contributed by atoms with Crippen molar-refractivity contribution in [3.63, 3.8) is 0 Å². The van der Waals surface area contributed by atoms with Crippen LogP contribution in [0.2, 0.25) is 0 Å². The van der Waals surface area contributed by atoms with E-state index < -0.39 is 11.9 Å². The van der Waals surface area contributed by atoms with Gasteiger partial charge in [-0.2, -0.15) is 0 Å². The minimum absolute atomic E-state index is 0. The molecular weight excluding hydrogens is 610 g/mol. The number of aliphatic carboxylic acids is 2. The van der Waals surface area contributed by atoms with Crippen molar-refractivity contribution in [1.29, 1.82) is 5.26 Å². The summed E-state index contributed by atoms with van der Waals surface area (Å²) in [6, 6.07) is 7.62. The molecule has 0 unspecified atom stereocenters. The van der Waals surface area contributed by atoms with Gasteiger partial charge in [0.05, 0.1) is 22.8 Å². The third kappa shape index (κ3) is 6.75. The fourth-order valence-corrected chi connectivity index (χ4v) is 5.61. The predicted octanol–water partition coefficient (Wildman–Crippen LogP) is 6.86. The van der Waals surface area contributed by atoms with Gasteiger partial charge < -0.3 is 32.0 Å². The Hall–Kier alpha value is -4.97. The van der Waals surface area contributed by atoms with Crippen LogP contribution in [0.5, 0.6) is 0 Å². The first-order valence-corrected chi connectivity index (χ1v) is 14.0. The molecule has 2 N–H and O–H groups in total. The van der Waals surface area contributed by atoms with Crippen molar-refractivity contribution in [2.75, 3.05) is 0 Å². The standard InChI is InChI=1S/C34H34N4O4.CN.Fe/c1-7-21-17(3)25-13-26-19(5)23(9-11-33(39)40)31(37-26)16-32-24(10-12-34(41)42)20(6)28(38-32)15-30-22(8-2)18(4)27(36-30)14-29(21)35-25;1-2;/h7-8,13-16H,1-2,9-12H2,3-6H3,(H4,35,36,37,38,39,40,41,42);;/q;-1;+3/p-2. The molecule has 2 aliphatic rings. The minimum Gasteiger partial charge on any atom is -0.657 e. The van der Waals surface area contributed by atoms with Crippen LogP contribution in [-0.2, 0) is 33.1 Å². The molecule has 0 fully saturated rings. The van der Waals surface area contributed by atoms with Crippen molar-refractivity contribution in [2.45, 2.75) is 53.4 Å². The molecular formula is C35H32FeN5O4. The molecule has 5 heterocycles. The van der Waals surface area contributed by atoms with Gasteiger partial charge in [0.1, 0.15) is 0 Å². The largest absolute Gasteiger partial charge is 3.00 e. The average Bonchev–Trinajstić information content (AvgIpc) is 3.64. The number of nitrogens with zero attached hydrogens (tertiary/aromatic N) is 5. The molecule has 2 aliphatic heterocycles. The van der Waals surface area contributed by atoms with Crippen molar-refractivity contribution in [2.24, 2.45) is 0 Å². The molecule has 1 radical (unpaired) electrons. The number of carboxylic acids is 2. The van der Waals surface area contributed by atoms with Gasteiger partial charge in [0.15, 0.2) is 0 Å². The molecule has 9 nitrogen and oxygen atoms in total. The van der Waals surface area contributed by atoms with Crippen LogP contribution in [0.4, 0.5) is 0 Å². The Kier molecular flexibility index (Phi) is 10.9. The summed E-state index contributed by atoms with van der Waals surface area (Å²) in [4.78, 5) is 42.7. The van der Waals surface area contributed by atoms with Crippen molar-refractivity contribution in [1.82, 2.24) is 19.9 Å². The van der Waals surface area contributed by atoms with Gasteiger partial charge in [0.25, 0.3) is 0 Å². The van der Waals surface area contributed by atoms with Crippen molar-refractivity contribution in [3.05, 3.63) is 95.1 Å². The van der Waals surface area contributed by atoms with Crippen LogP contribution < -0.4 is 9.97 Å². The Morgan fingerprint density at radius 1 is 0.756 bits per heavy atom. The van der Waals surface area contributed by atoms with E-state index in [-0.39, 0.29) is 29.9 Å². The molecule has 10 heteroatoms. The number of hydrogen-bond donors (Lipinski definition) is 2. The van der Waals surface area contributed by atoms with E-state index in [4.69, 9.17) is 31.8 Å². The Bertz CT molecular complexity index is 1970. The van der Waals surface area contributed by atoms with Gasteiger partial charge in [-0.1, -0.05) is 66.3 Å². The maximum absolute atomic E-state index is 11.5. The molecule has 45 heavy (non-hydrogen) atoms. The molecule has 0 saturated heterocycles. The van der Waals surface area contributed by atoms with Gasteiger partial charge in [-0.25, -0.2) is 9.97 Å². The topological polar surface area (TPSA) is 152 Å². The van der Waals surface area contributed by atoms with E-state index in [9.17, 15) is 19.8 Å². The van der Waals surface area contributed by atoms with Crippen molar-refractivity contribution in [3.8, 4) is 0 Å². The van der Waals surface area contributed by atoms with E-state index in [0.29, 0.717) is 40.8 Å². The van der Waals surface area contributed by atoms with E-state index >= 15 is 0 Å². The summed E-state index contributed by atoms with van der Waals surface area (Å²) in [6.07, 6.45) is 4.06. The summed E-state index contributed by atoms with van der Waals surface area (Å²) in [5, 5.41) is 25.1. The number of rotatable bonds is 8. The molecule has 0 saturated carbocycles. The number of carboxylic acid groups (broad SMARTS) is 2. The summed E-state index contributed by atoms with van der Waals surface area (Å²) < 4.78 is 0. The molecule has 0 aromatic carbocycles. The summed E-state index contributed by atoms with van der Waals surface area (Å²) in [5.41, 5.74) is 12.6. The van der Waals surface area contributed by atoms with E-state index in [0.717, 1.165) is 61.5 Å². The number of aryl methyl sites for hydroxylation is 3. The molecule has 3 aromatic heterocycles. The number of carbonyl (C=O) groups is 2. The van der Waals surface area contributed by atoms with E-state index in [1.165, 1.54) is 0 Å². The van der Waals surface area contributed by atoms with Crippen LogP contribution in [0, 0.1) is 25.7 Å². The fourth-order valence-electron chi connectivity index (χ4n) is 5.61. The van der Waals surface area contributed by atoms with Crippen LogP contribution in [0.1, 0.15) is 78.1 Å². The average molecular weight is 643 g/mol. The van der Waals surface area contributed by atoms with E-state index in [1.807, 2.05) is 52.0 Å². The van der Waals surface area contributed by atoms with Crippen molar-refractivity contribution < 1.29 is 36.9 Å². The second-order valence-electron chi connectivity index (χ2n) is 10.6. The molecule has 3 aromatic rings. The van der Waals surface area contributed by atoms with Gasteiger partial charge in [0, 0.05) is 18.4 Å². The summed E-state index contributed by atoms with van der Waals surface area (Å²) in [6.45, 7) is 20.6. The summed E-state index contributed by atoms with van der Waals surface area (Å²) >= 11 is 0. The first-order chi connectivity index (χ1) is 21.0. The zero-order chi connectivity index (χ0) is 32.3. The molecule has 0 atom stereocenters. The van der Waals surface area contributed by atoms with Gasteiger partial charge in [0.2, 0.25) is 0 Å². The zero-order valence-electron chi connectivity index (χ0n) is 25.5. The van der Waals surface area contributed by atoms with Crippen LogP contribution in [-0.4, -0.2) is 32.1 Å². The van der Waals surface area contributed by atoms with Crippen LogP contribution in [0.15, 0.2) is 43.5 Å². The van der Waals surface area contributed by atoms with Crippen LogP contribution in [0.25, 0.3) is 50.4 Å². The SMILES string of the molecule is C=CC1=C(C)c2cc3[n-]c(cc4nc(cc5[n-]c(cc1n2)c(C)c5C=C)C(C)=C4CCC(=O)O)c(CCC(=O)O)c3C.[C-]#N.[Fe+3]. The molecule has 0 spiro atoms. The summed E-state index contributed by atoms with van der Waals surface area (Å²) in [7, 11) is 0. The van der Waals surface area contributed by atoms with E-state index in [1.54, 1.807) is 12.2 Å². The number of hydrogen-bond acceptors (Lipinski definition) is 5. The van der Waals surface area contributed by atoms with Gasteiger partial charge in [-0.05, 0) is 62.8 Å². The maximum atomic E-state index is 11.5. The monoisotopic (exact) mass is 642 g/mol. The minimum atomic E-state index is -0.898.